The zero-order valence-electron chi connectivity index (χ0n) is 14.4. The van der Waals surface area contributed by atoms with Crippen LogP contribution in [0.4, 0.5) is 0 Å². The number of rotatable bonds is 3. The minimum atomic E-state index is -0.547. The minimum Gasteiger partial charge on any atom is -0.390 e. The second-order valence-electron chi connectivity index (χ2n) is 9.73. The highest BCUT2D eigenvalue weighted by molar-refractivity contribution is 5.89. The van der Waals surface area contributed by atoms with Crippen LogP contribution >= 0.6 is 0 Å². The Balaban J connectivity index is 1.43. The van der Waals surface area contributed by atoms with Crippen molar-refractivity contribution in [1.29, 1.82) is 0 Å². The first-order valence-electron chi connectivity index (χ1n) is 9.64. The number of piperidine rings is 1. The van der Waals surface area contributed by atoms with Gasteiger partial charge >= 0.3 is 0 Å². The van der Waals surface area contributed by atoms with Gasteiger partial charge in [0.1, 0.15) is 6.04 Å². The van der Waals surface area contributed by atoms with Crippen LogP contribution in [0.5, 0.6) is 0 Å². The average molecular weight is 332 g/mol. The second kappa shape index (κ2) is 4.54. The molecule has 4 bridgehead atoms. The van der Waals surface area contributed by atoms with Gasteiger partial charge in [-0.3, -0.25) is 9.59 Å². The lowest BCUT2D eigenvalue weighted by molar-refractivity contribution is -0.187. The highest BCUT2D eigenvalue weighted by atomic mass is 16.3. The Morgan fingerprint density at radius 3 is 2.38 bits per heavy atom. The number of amides is 2. The maximum absolute atomic E-state index is 13.4. The number of likely N-dealkylation sites (tertiary alicyclic amines) is 1. The minimum absolute atomic E-state index is 0.0644. The lowest BCUT2D eigenvalue weighted by Gasteiger charge is -2.62. The van der Waals surface area contributed by atoms with Crippen LogP contribution < -0.4 is 5.73 Å². The lowest BCUT2D eigenvalue weighted by Crippen LogP contribution is -2.60. The number of fused-ring (bicyclic) bond motifs is 1. The summed E-state index contributed by atoms with van der Waals surface area (Å²) in [5.41, 5.74) is 4.95. The summed E-state index contributed by atoms with van der Waals surface area (Å²) >= 11 is 0. The molecular formula is C19H28N2O3. The van der Waals surface area contributed by atoms with Gasteiger partial charge in [0.15, 0.2) is 0 Å². The number of hydrogen-bond acceptors (Lipinski definition) is 3. The molecule has 0 spiro atoms. The maximum atomic E-state index is 13.4. The van der Waals surface area contributed by atoms with E-state index in [2.05, 4.69) is 0 Å². The molecule has 1 aliphatic heterocycles. The Kier molecular flexibility index (Phi) is 2.87. The number of nitrogens with two attached hydrogens (primary N) is 1. The third kappa shape index (κ3) is 1.97. The third-order valence-electron chi connectivity index (χ3n) is 8.05. The summed E-state index contributed by atoms with van der Waals surface area (Å²) in [7, 11) is 0. The van der Waals surface area contributed by atoms with Gasteiger partial charge in [0.25, 0.3) is 0 Å². The van der Waals surface area contributed by atoms with Crippen LogP contribution in [0.15, 0.2) is 0 Å². The van der Waals surface area contributed by atoms with Crippen LogP contribution in [0.25, 0.3) is 0 Å². The van der Waals surface area contributed by atoms with Gasteiger partial charge in [-0.2, -0.15) is 0 Å². The van der Waals surface area contributed by atoms with Crippen molar-refractivity contribution >= 4 is 11.8 Å². The number of nitrogens with zero attached hydrogens (tertiary/aromatic N) is 1. The zero-order chi connectivity index (χ0) is 16.9. The molecule has 2 amide bonds. The maximum Gasteiger partial charge on any atom is 0.240 e. The zero-order valence-corrected chi connectivity index (χ0v) is 14.4. The highest BCUT2D eigenvalue weighted by Crippen LogP contribution is 2.64. The standard InChI is InChI=1S/C19H28N2O3/c1-10(17(23)21-14-3-13(14)4-15(21)16(20)22)18-5-11-2-12(6-18)8-19(24,7-11)9-18/h10-15,24H,2-9H2,1H3,(H2,20,22)/t10-,11?,12?,13+,14?,15+,18?,19?/m1/s1. The first-order valence-corrected chi connectivity index (χ1v) is 9.64. The van der Waals surface area contributed by atoms with Crippen molar-refractivity contribution < 1.29 is 14.7 Å². The number of carbonyl (C=O) groups is 2. The second-order valence-corrected chi connectivity index (χ2v) is 9.73. The molecule has 0 aromatic heterocycles. The molecule has 6 aliphatic rings. The van der Waals surface area contributed by atoms with Crippen molar-refractivity contribution in [1.82, 2.24) is 4.90 Å². The summed E-state index contributed by atoms with van der Waals surface area (Å²) < 4.78 is 0. The van der Waals surface area contributed by atoms with Crippen LogP contribution in [-0.2, 0) is 9.59 Å². The van der Waals surface area contributed by atoms with Crippen molar-refractivity contribution in [3.8, 4) is 0 Å². The molecule has 1 heterocycles. The molecule has 24 heavy (non-hydrogen) atoms. The highest BCUT2D eigenvalue weighted by Gasteiger charge is 2.62. The lowest BCUT2D eigenvalue weighted by atomic mass is 9.45. The first-order chi connectivity index (χ1) is 11.3. The summed E-state index contributed by atoms with van der Waals surface area (Å²) in [5, 5.41) is 11.0. The van der Waals surface area contributed by atoms with Gasteiger partial charge in [0, 0.05) is 12.0 Å². The fourth-order valence-electron chi connectivity index (χ4n) is 7.30. The molecule has 5 aliphatic carbocycles. The molecule has 6 atom stereocenters. The molecule has 3 unspecified atom stereocenters. The third-order valence-corrected chi connectivity index (χ3v) is 8.05. The molecule has 132 valence electrons. The molecule has 3 N–H and O–H groups in total. The molecule has 0 radical (unpaired) electrons. The summed E-state index contributed by atoms with van der Waals surface area (Å²) in [5.74, 6) is 1.29. The van der Waals surface area contributed by atoms with E-state index >= 15 is 0 Å². The SMILES string of the molecule is C[C@H](C(=O)N1C2C[C@H]2C[C@H]1C(N)=O)C12CC3CC(CC(O)(C3)C1)C2. The summed E-state index contributed by atoms with van der Waals surface area (Å²) in [6, 6.07) is -0.157. The monoisotopic (exact) mass is 332 g/mol. The van der Waals surface area contributed by atoms with Crippen LogP contribution in [0.2, 0.25) is 0 Å². The number of primary amides is 1. The van der Waals surface area contributed by atoms with Crippen LogP contribution in [0, 0.1) is 29.1 Å². The van der Waals surface area contributed by atoms with Crippen LogP contribution in [0.3, 0.4) is 0 Å². The molecule has 0 aromatic rings. The predicted molar refractivity (Wildman–Crippen MR) is 87.6 cm³/mol. The molecule has 5 nitrogen and oxygen atoms in total. The Morgan fingerprint density at radius 2 is 1.79 bits per heavy atom. The van der Waals surface area contributed by atoms with Crippen LogP contribution in [0.1, 0.15) is 58.3 Å². The Hall–Kier alpha value is -1.10. The van der Waals surface area contributed by atoms with Gasteiger partial charge in [0.05, 0.1) is 5.60 Å². The first kappa shape index (κ1) is 15.2. The van der Waals surface area contributed by atoms with Crippen molar-refractivity contribution in [2.75, 3.05) is 0 Å². The molecule has 5 saturated carbocycles. The van der Waals surface area contributed by atoms with Crippen LogP contribution in [-0.4, -0.2) is 39.5 Å². The van der Waals surface area contributed by atoms with Crippen molar-refractivity contribution in [2.24, 2.45) is 34.8 Å². The largest absolute Gasteiger partial charge is 0.390 e. The molecule has 6 fully saturated rings. The van der Waals surface area contributed by atoms with Gasteiger partial charge in [-0.05, 0) is 74.5 Å². The van der Waals surface area contributed by atoms with E-state index in [0.29, 0.717) is 17.8 Å². The number of hydrogen-bond donors (Lipinski definition) is 2. The molecular weight excluding hydrogens is 304 g/mol. The van der Waals surface area contributed by atoms with E-state index in [-0.39, 0.29) is 29.2 Å². The topological polar surface area (TPSA) is 83.6 Å². The molecule has 0 aromatic carbocycles. The average Bonchev–Trinajstić information content (AvgIpc) is 3.13. The van der Waals surface area contributed by atoms with Gasteiger partial charge < -0.3 is 15.7 Å². The molecule has 5 heteroatoms. The Labute approximate surface area is 142 Å². The van der Waals surface area contributed by atoms with E-state index in [1.807, 2.05) is 11.8 Å². The van der Waals surface area contributed by atoms with Crippen molar-refractivity contribution in [3.63, 3.8) is 0 Å². The smallest absolute Gasteiger partial charge is 0.240 e. The van der Waals surface area contributed by atoms with E-state index in [1.54, 1.807) is 0 Å². The van der Waals surface area contributed by atoms with Gasteiger partial charge in [-0.1, -0.05) is 6.92 Å². The summed E-state index contributed by atoms with van der Waals surface area (Å²) in [6.45, 7) is 2.05. The molecule has 6 rings (SSSR count). The Bertz CT molecular complexity index is 604. The summed E-state index contributed by atoms with van der Waals surface area (Å²) in [6.07, 6.45) is 7.76. The number of carbonyl (C=O) groups excluding carboxylic acids is 2. The predicted octanol–water partition coefficient (Wildman–Crippen LogP) is 1.43. The quantitative estimate of drug-likeness (QED) is 0.820. The van der Waals surface area contributed by atoms with E-state index in [9.17, 15) is 14.7 Å². The van der Waals surface area contributed by atoms with Gasteiger partial charge in [-0.25, -0.2) is 0 Å². The van der Waals surface area contributed by atoms with E-state index < -0.39 is 11.6 Å². The van der Waals surface area contributed by atoms with E-state index in [0.717, 1.165) is 44.9 Å². The fourth-order valence-corrected chi connectivity index (χ4v) is 7.30. The summed E-state index contributed by atoms with van der Waals surface area (Å²) in [4.78, 5) is 27.0. The molecule has 1 saturated heterocycles. The fraction of sp³-hybridized carbons (Fsp3) is 0.895. The van der Waals surface area contributed by atoms with Crippen molar-refractivity contribution in [2.45, 2.75) is 76.0 Å². The Morgan fingerprint density at radius 1 is 1.12 bits per heavy atom. The number of aliphatic hydroxyl groups is 1. The van der Waals surface area contributed by atoms with E-state index in [1.165, 1.54) is 6.42 Å². The van der Waals surface area contributed by atoms with Crippen molar-refractivity contribution in [3.05, 3.63) is 0 Å². The van der Waals surface area contributed by atoms with E-state index in [4.69, 9.17) is 5.73 Å². The van der Waals surface area contributed by atoms with Gasteiger partial charge in [-0.15, -0.1) is 0 Å². The normalized spacial score (nSPS) is 52.2. The van der Waals surface area contributed by atoms with Gasteiger partial charge in [0.2, 0.25) is 11.8 Å².